The van der Waals surface area contributed by atoms with E-state index in [1.807, 2.05) is 31.2 Å². The van der Waals surface area contributed by atoms with E-state index < -0.39 is 0 Å². The van der Waals surface area contributed by atoms with Crippen LogP contribution in [-0.4, -0.2) is 45.2 Å². The number of hydrogen-bond acceptors (Lipinski definition) is 4. The number of benzene rings is 2. The van der Waals surface area contributed by atoms with Gasteiger partial charge in [-0.15, -0.1) is 24.0 Å². The van der Waals surface area contributed by atoms with Crippen LogP contribution in [0.1, 0.15) is 12.5 Å². The van der Waals surface area contributed by atoms with Crippen LogP contribution < -0.4 is 25.4 Å². The Balaban J connectivity index is 0.00000450. The lowest BCUT2D eigenvalue weighted by Gasteiger charge is -2.17. The molecular formula is C21H28FIN4O3. The molecule has 7 nitrogen and oxygen atoms in total. The highest BCUT2D eigenvalue weighted by Crippen LogP contribution is 2.13. The first-order chi connectivity index (χ1) is 14.0. The second-order valence-corrected chi connectivity index (χ2v) is 6.32. The normalized spacial score (nSPS) is 11.7. The fraction of sp³-hybridized carbons (Fsp3) is 0.333. The zero-order valence-electron chi connectivity index (χ0n) is 17.3. The summed E-state index contributed by atoms with van der Waals surface area (Å²) in [4.78, 5) is 16.1. The molecule has 2 rings (SSSR count). The van der Waals surface area contributed by atoms with Crippen molar-refractivity contribution in [3.63, 3.8) is 0 Å². The molecule has 0 saturated carbocycles. The number of aliphatic imine (C=N–C) groups is 1. The number of nitrogens with one attached hydrogen (secondary N) is 3. The van der Waals surface area contributed by atoms with E-state index in [0.29, 0.717) is 24.8 Å². The molecule has 0 fully saturated rings. The Labute approximate surface area is 193 Å². The number of nitrogens with zero attached hydrogens (tertiary/aromatic N) is 1. The maximum atomic E-state index is 13.2. The lowest BCUT2D eigenvalue weighted by Crippen LogP contribution is -2.45. The van der Waals surface area contributed by atoms with Gasteiger partial charge < -0.3 is 25.4 Å². The number of hydrogen-bond donors (Lipinski definition) is 3. The van der Waals surface area contributed by atoms with Crippen LogP contribution in [0.2, 0.25) is 0 Å². The molecule has 0 bridgehead atoms. The molecule has 0 spiro atoms. The van der Waals surface area contributed by atoms with Gasteiger partial charge in [-0.3, -0.25) is 9.79 Å². The summed E-state index contributed by atoms with van der Waals surface area (Å²) in [5.74, 6) is 1.19. The number of carbonyl (C=O) groups excluding carboxylic acids is 1. The van der Waals surface area contributed by atoms with Crippen LogP contribution in [0.3, 0.4) is 0 Å². The molecule has 0 aromatic heterocycles. The monoisotopic (exact) mass is 530 g/mol. The van der Waals surface area contributed by atoms with E-state index in [-0.39, 0.29) is 48.3 Å². The van der Waals surface area contributed by atoms with E-state index in [9.17, 15) is 9.18 Å². The van der Waals surface area contributed by atoms with Crippen LogP contribution in [0.5, 0.6) is 11.5 Å². The Hall–Kier alpha value is -2.56. The lowest BCUT2D eigenvalue weighted by molar-refractivity contribution is -0.120. The van der Waals surface area contributed by atoms with E-state index in [2.05, 4.69) is 20.9 Å². The molecule has 30 heavy (non-hydrogen) atoms. The number of amides is 1. The fourth-order valence-corrected chi connectivity index (χ4v) is 2.45. The third-order valence-corrected chi connectivity index (χ3v) is 3.98. The van der Waals surface area contributed by atoms with Crippen molar-refractivity contribution in [1.29, 1.82) is 0 Å². The minimum atomic E-state index is -0.346. The van der Waals surface area contributed by atoms with Crippen molar-refractivity contribution in [1.82, 2.24) is 16.0 Å². The molecular weight excluding hydrogens is 502 g/mol. The highest BCUT2D eigenvalue weighted by atomic mass is 127. The van der Waals surface area contributed by atoms with Crippen molar-refractivity contribution in [2.75, 3.05) is 27.2 Å². The molecule has 1 unspecified atom stereocenters. The first-order valence-electron chi connectivity index (χ1n) is 9.26. The van der Waals surface area contributed by atoms with Crippen molar-refractivity contribution >= 4 is 35.8 Å². The highest BCUT2D eigenvalue weighted by Gasteiger charge is 2.08. The second-order valence-electron chi connectivity index (χ2n) is 6.32. The predicted molar refractivity (Wildman–Crippen MR) is 126 cm³/mol. The smallest absolute Gasteiger partial charge is 0.239 e. The Morgan fingerprint density at radius 2 is 1.83 bits per heavy atom. The third-order valence-electron chi connectivity index (χ3n) is 3.98. The molecule has 0 heterocycles. The molecule has 3 N–H and O–H groups in total. The van der Waals surface area contributed by atoms with E-state index in [4.69, 9.17) is 9.47 Å². The summed E-state index contributed by atoms with van der Waals surface area (Å²) < 4.78 is 24.0. The van der Waals surface area contributed by atoms with E-state index in [0.717, 1.165) is 11.3 Å². The molecule has 1 amide bonds. The molecule has 0 saturated heterocycles. The second kappa shape index (κ2) is 13.6. The average Bonchev–Trinajstić information content (AvgIpc) is 2.72. The van der Waals surface area contributed by atoms with Crippen molar-refractivity contribution < 1.29 is 18.7 Å². The van der Waals surface area contributed by atoms with Crippen LogP contribution in [0, 0.1) is 5.82 Å². The molecule has 0 aliphatic heterocycles. The maximum absolute atomic E-state index is 13.2. The summed E-state index contributed by atoms with van der Waals surface area (Å²) in [6.07, 6.45) is -0.223. The molecule has 1 atom stereocenters. The molecule has 2 aromatic carbocycles. The van der Waals surface area contributed by atoms with Gasteiger partial charge in [0.05, 0.1) is 20.2 Å². The van der Waals surface area contributed by atoms with Gasteiger partial charge in [0.15, 0.2) is 5.96 Å². The summed E-state index contributed by atoms with van der Waals surface area (Å²) in [6.45, 7) is 2.79. The van der Waals surface area contributed by atoms with Gasteiger partial charge in [0.2, 0.25) is 5.91 Å². The van der Waals surface area contributed by atoms with Crippen LogP contribution in [0.4, 0.5) is 4.39 Å². The van der Waals surface area contributed by atoms with Crippen LogP contribution in [0.25, 0.3) is 0 Å². The highest BCUT2D eigenvalue weighted by molar-refractivity contribution is 14.0. The Kier molecular flexibility index (Phi) is 11.6. The van der Waals surface area contributed by atoms with Crippen LogP contribution in [-0.2, 0) is 11.3 Å². The zero-order chi connectivity index (χ0) is 21.1. The van der Waals surface area contributed by atoms with E-state index in [1.54, 1.807) is 26.3 Å². The molecule has 9 heteroatoms. The first-order valence-corrected chi connectivity index (χ1v) is 9.26. The summed E-state index contributed by atoms with van der Waals surface area (Å²) in [6, 6.07) is 13.5. The predicted octanol–water partition coefficient (Wildman–Crippen LogP) is 2.70. The quantitative estimate of drug-likeness (QED) is 0.264. The zero-order valence-corrected chi connectivity index (χ0v) is 19.6. The van der Waals surface area contributed by atoms with Crippen LogP contribution >= 0.6 is 24.0 Å². The minimum absolute atomic E-state index is 0. The van der Waals surface area contributed by atoms with Gasteiger partial charge in [0.1, 0.15) is 23.4 Å². The van der Waals surface area contributed by atoms with Gasteiger partial charge in [-0.1, -0.05) is 18.2 Å². The van der Waals surface area contributed by atoms with Crippen LogP contribution in [0.15, 0.2) is 53.5 Å². The SMILES string of the molecule is CN=C(NCC(=O)NCc1ccc(OC)cc1)NCC(C)Oc1cccc(F)c1.I. The molecule has 0 aliphatic rings. The van der Waals surface area contributed by atoms with Gasteiger partial charge in [-0.25, -0.2) is 4.39 Å². The third kappa shape index (κ3) is 9.29. The van der Waals surface area contributed by atoms with Crippen molar-refractivity contribution in [2.24, 2.45) is 4.99 Å². The Morgan fingerprint density at radius 3 is 2.47 bits per heavy atom. The summed E-state index contributed by atoms with van der Waals surface area (Å²) in [5, 5.41) is 8.85. The standard InChI is InChI=1S/C21H27FN4O3.HI/c1-15(29-19-6-4-5-17(22)11-19)12-25-21(23-2)26-14-20(27)24-13-16-7-9-18(28-3)10-8-16;/h4-11,15H,12-14H2,1-3H3,(H,24,27)(H2,23,25,26);1H. The van der Waals surface area contributed by atoms with Gasteiger partial charge in [-0.2, -0.15) is 0 Å². The van der Waals surface area contributed by atoms with Gasteiger partial charge >= 0.3 is 0 Å². The number of halogens is 2. The number of carbonyl (C=O) groups is 1. The van der Waals surface area contributed by atoms with Gasteiger partial charge in [-0.05, 0) is 36.8 Å². The fourth-order valence-electron chi connectivity index (χ4n) is 2.45. The van der Waals surface area contributed by atoms with E-state index in [1.165, 1.54) is 12.1 Å². The first kappa shape index (κ1) is 25.5. The molecule has 0 aliphatic carbocycles. The molecule has 0 radical (unpaired) electrons. The van der Waals surface area contributed by atoms with Gasteiger partial charge in [0.25, 0.3) is 0 Å². The van der Waals surface area contributed by atoms with E-state index >= 15 is 0 Å². The maximum Gasteiger partial charge on any atom is 0.239 e. The summed E-state index contributed by atoms with van der Waals surface area (Å²) in [7, 11) is 3.22. The summed E-state index contributed by atoms with van der Waals surface area (Å²) >= 11 is 0. The summed E-state index contributed by atoms with van der Waals surface area (Å²) in [5.41, 5.74) is 0.977. The number of methoxy groups -OCH3 is 1. The minimum Gasteiger partial charge on any atom is -0.497 e. The van der Waals surface area contributed by atoms with Crippen molar-refractivity contribution in [3.8, 4) is 11.5 Å². The van der Waals surface area contributed by atoms with Crippen molar-refractivity contribution in [2.45, 2.75) is 19.6 Å². The topological polar surface area (TPSA) is 84.0 Å². The number of guanidine groups is 1. The number of rotatable bonds is 9. The lowest BCUT2D eigenvalue weighted by atomic mass is 10.2. The molecule has 164 valence electrons. The molecule has 2 aromatic rings. The Bertz CT molecular complexity index is 818. The Morgan fingerprint density at radius 1 is 1.10 bits per heavy atom. The largest absolute Gasteiger partial charge is 0.497 e. The van der Waals surface area contributed by atoms with Gasteiger partial charge in [0, 0.05) is 19.7 Å². The average molecular weight is 530 g/mol. The number of ether oxygens (including phenoxy) is 2. The van der Waals surface area contributed by atoms with Crippen molar-refractivity contribution in [3.05, 3.63) is 59.9 Å².